The summed E-state index contributed by atoms with van der Waals surface area (Å²) in [6.07, 6.45) is 2.10. The number of aryl methyl sites for hydroxylation is 1. The molecule has 15 heavy (non-hydrogen) atoms. The van der Waals surface area contributed by atoms with Gasteiger partial charge in [-0.1, -0.05) is 12.1 Å². The van der Waals surface area contributed by atoms with Gasteiger partial charge in [0.25, 0.3) is 0 Å². The van der Waals surface area contributed by atoms with Crippen molar-refractivity contribution in [2.24, 2.45) is 0 Å². The van der Waals surface area contributed by atoms with E-state index in [0.717, 1.165) is 0 Å². The zero-order valence-corrected chi connectivity index (χ0v) is 9.44. The van der Waals surface area contributed by atoms with Crippen molar-refractivity contribution in [1.29, 1.82) is 0 Å². The number of aromatic nitrogens is 3. The van der Waals surface area contributed by atoms with E-state index in [1.165, 1.54) is 4.68 Å². The molecule has 0 fully saturated rings. The molecule has 0 aliphatic heterocycles. The van der Waals surface area contributed by atoms with Crippen LogP contribution >= 0.6 is 0 Å². The molecule has 0 atom stereocenters. The van der Waals surface area contributed by atoms with E-state index in [1.54, 1.807) is 13.1 Å². The first-order valence-electron chi connectivity index (χ1n) is 4.77. The second-order valence-corrected chi connectivity index (χ2v) is 5.66. The fraction of sp³-hybridized carbons (Fsp3) is 0.750. The zero-order chi connectivity index (χ0) is 11.3. The number of hydrogen-bond donors (Lipinski definition) is 1. The molecular weight excluding hydrogens is 218 g/mol. The van der Waals surface area contributed by atoms with E-state index in [4.69, 9.17) is 5.11 Å². The molecule has 1 heterocycles. The molecule has 0 aliphatic rings. The van der Waals surface area contributed by atoms with Crippen LogP contribution in [0.25, 0.3) is 0 Å². The summed E-state index contributed by atoms with van der Waals surface area (Å²) in [6, 6.07) is 0. The number of hydrogen-bond acceptors (Lipinski definition) is 5. The second kappa shape index (κ2) is 5.22. The smallest absolute Gasteiger partial charge is 0.151 e. The van der Waals surface area contributed by atoms with Crippen molar-refractivity contribution in [1.82, 2.24) is 15.0 Å². The summed E-state index contributed by atoms with van der Waals surface area (Å²) >= 11 is 0. The Bertz CT molecular complexity index is 399. The molecule has 1 rings (SSSR count). The minimum absolute atomic E-state index is 0.0198. The Morgan fingerprint density at radius 1 is 1.53 bits per heavy atom. The molecule has 86 valence electrons. The highest BCUT2D eigenvalue weighted by atomic mass is 32.2. The third-order valence-corrected chi connectivity index (χ3v) is 3.71. The highest BCUT2D eigenvalue weighted by molar-refractivity contribution is 7.91. The van der Waals surface area contributed by atoms with Crippen LogP contribution < -0.4 is 0 Å². The SMILES string of the molecule is CCS(=O)(=O)CCn1cc(CCO)nn1. The molecular formula is C8H15N3O3S. The average molecular weight is 233 g/mol. The van der Waals surface area contributed by atoms with E-state index in [-0.39, 0.29) is 18.1 Å². The van der Waals surface area contributed by atoms with Gasteiger partial charge in [0.05, 0.1) is 18.0 Å². The summed E-state index contributed by atoms with van der Waals surface area (Å²) in [5.41, 5.74) is 0.673. The molecule has 0 spiro atoms. The largest absolute Gasteiger partial charge is 0.396 e. The molecule has 1 aromatic rings. The lowest BCUT2D eigenvalue weighted by Gasteiger charge is -2.00. The van der Waals surface area contributed by atoms with Crippen LogP contribution in [-0.4, -0.2) is 46.6 Å². The number of aliphatic hydroxyl groups excluding tert-OH is 1. The molecule has 6 nitrogen and oxygen atoms in total. The van der Waals surface area contributed by atoms with E-state index in [2.05, 4.69) is 10.3 Å². The van der Waals surface area contributed by atoms with Crippen molar-refractivity contribution >= 4 is 9.84 Å². The Kier molecular flexibility index (Phi) is 4.22. The number of nitrogens with zero attached hydrogens (tertiary/aromatic N) is 3. The van der Waals surface area contributed by atoms with Crippen molar-refractivity contribution in [2.75, 3.05) is 18.1 Å². The number of rotatable bonds is 6. The number of aliphatic hydroxyl groups is 1. The van der Waals surface area contributed by atoms with E-state index in [1.807, 2.05) is 0 Å². The Morgan fingerprint density at radius 2 is 2.27 bits per heavy atom. The number of sulfone groups is 1. The van der Waals surface area contributed by atoms with Gasteiger partial charge in [0.15, 0.2) is 9.84 Å². The second-order valence-electron chi connectivity index (χ2n) is 3.18. The summed E-state index contributed by atoms with van der Waals surface area (Å²) < 4.78 is 23.9. The minimum atomic E-state index is -2.96. The molecule has 1 N–H and O–H groups in total. The fourth-order valence-electron chi connectivity index (χ4n) is 1.05. The van der Waals surface area contributed by atoms with E-state index >= 15 is 0 Å². The van der Waals surface area contributed by atoms with Crippen LogP contribution in [-0.2, 0) is 22.8 Å². The fourth-order valence-corrected chi connectivity index (χ4v) is 1.81. The predicted molar refractivity (Wildman–Crippen MR) is 55.1 cm³/mol. The molecule has 0 saturated heterocycles. The molecule has 0 saturated carbocycles. The third kappa shape index (κ3) is 3.96. The highest BCUT2D eigenvalue weighted by Gasteiger charge is 2.08. The van der Waals surface area contributed by atoms with E-state index < -0.39 is 9.84 Å². The topological polar surface area (TPSA) is 85.1 Å². The molecule has 1 aromatic heterocycles. The monoisotopic (exact) mass is 233 g/mol. The highest BCUT2D eigenvalue weighted by Crippen LogP contribution is 1.96. The maximum Gasteiger partial charge on any atom is 0.151 e. The summed E-state index contributed by atoms with van der Waals surface area (Å²) in [6.45, 7) is 1.95. The van der Waals surface area contributed by atoms with Gasteiger partial charge in [-0.25, -0.2) is 8.42 Å². The van der Waals surface area contributed by atoms with Gasteiger partial charge in [-0.3, -0.25) is 4.68 Å². The predicted octanol–water partition coefficient (Wildman–Crippen LogP) is -0.752. The summed E-state index contributed by atoms with van der Waals surface area (Å²) in [5, 5.41) is 16.2. The van der Waals surface area contributed by atoms with E-state index in [0.29, 0.717) is 18.7 Å². The quantitative estimate of drug-likeness (QED) is 0.698. The third-order valence-electron chi connectivity index (χ3n) is 2.03. The van der Waals surface area contributed by atoms with Crippen LogP contribution in [0.2, 0.25) is 0 Å². The van der Waals surface area contributed by atoms with Crippen LogP contribution in [0.5, 0.6) is 0 Å². The maximum absolute atomic E-state index is 11.2. The Morgan fingerprint density at radius 3 is 2.87 bits per heavy atom. The first-order valence-corrected chi connectivity index (χ1v) is 6.60. The minimum Gasteiger partial charge on any atom is -0.396 e. The van der Waals surface area contributed by atoms with Crippen molar-refractivity contribution < 1.29 is 13.5 Å². The average Bonchev–Trinajstić information content (AvgIpc) is 2.64. The Balaban J connectivity index is 2.51. The molecule has 0 radical (unpaired) electrons. The lowest BCUT2D eigenvalue weighted by Crippen LogP contribution is -2.14. The maximum atomic E-state index is 11.2. The van der Waals surface area contributed by atoms with Crippen molar-refractivity contribution in [3.63, 3.8) is 0 Å². The van der Waals surface area contributed by atoms with Crippen LogP contribution in [0.4, 0.5) is 0 Å². The zero-order valence-electron chi connectivity index (χ0n) is 8.63. The van der Waals surface area contributed by atoms with Crippen LogP contribution in [0, 0.1) is 0 Å². The van der Waals surface area contributed by atoms with Crippen LogP contribution in [0.3, 0.4) is 0 Å². The molecule has 7 heteroatoms. The molecule has 0 amide bonds. The van der Waals surface area contributed by atoms with Crippen LogP contribution in [0.1, 0.15) is 12.6 Å². The van der Waals surface area contributed by atoms with Crippen LogP contribution in [0.15, 0.2) is 6.20 Å². The Hall–Kier alpha value is -0.950. The summed E-state index contributed by atoms with van der Waals surface area (Å²) in [4.78, 5) is 0. The molecule has 0 unspecified atom stereocenters. The van der Waals surface area contributed by atoms with Gasteiger partial charge < -0.3 is 5.11 Å². The molecule has 0 bridgehead atoms. The van der Waals surface area contributed by atoms with Crippen molar-refractivity contribution in [3.05, 3.63) is 11.9 Å². The molecule has 0 aromatic carbocycles. The summed E-state index contributed by atoms with van der Waals surface area (Å²) in [5.74, 6) is 0.219. The first kappa shape index (κ1) is 12.1. The van der Waals surface area contributed by atoms with Gasteiger partial charge in [-0.2, -0.15) is 0 Å². The van der Waals surface area contributed by atoms with Crippen molar-refractivity contribution in [3.8, 4) is 0 Å². The molecule has 0 aliphatic carbocycles. The van der Waals surface area contributed by atoms with Gasteiger partial charge in [0, 0.05) is 25.0 Å². The van der Waals surface area contributed by atoms with Gasteiger partial charge in [0.1, 0.15) is 0 Å². The standard InChI is InChI=1S/C8H15N3O3S/c1-2-15(13,14)6-4-11-7-8(3-5-12)9-10-11/h7,12H,2-6H2,1H3. The normalized spacial score (nSPS) is 11.9. The lowest BCUT2D eigenvalue weighted by atomic mass is 10.3. The van der Waals surface area contributed by atoms with E-state index in [9.17, 15) is 8.42 Å². The van der Waals surface area contributed by atoms with Gasteiger partial charge in [-0.05, 0) is 0 Å². The van der Waals surface area contributed by atoms with Gasteiger partial charge >= 0.3 is 0 Å². The van der Waals surface area contributed by atoms with Gasteiger partial charge in [0.2, 0.25) is 0 Å². The van der Waals surface area contributed by atoms with Crippen molar-refractivity contribution in [2.45, 2.75) is 19.9 Å². The summed E-state index contributed by atoms with van der Waals surface area (Å²) in [7, 11) is -2.96. The first-order chi connectivity index (χ1) is 7.07. The lowest BCUT2D eigenvalue weighted by molar-refractivity contribution is 0.298. The Labute approximate surface area is 88.8 Å². The van der Waals surface area contributed by atoms with Gasteiger partial charge in [-0.15, -0.1) is 5.10 Å².